The van der Waals surface area contributed by atoms with Crippen LogP contribution in [0.4, 0.5) is 13.2 Å². The molecule has 0 N–H and O–H groups in total. The van der Waals surface area contributed by atoms with E-state index in [2.05, 4.69) is 4.99 Å². The largest absolute Gasteiger partial charge is 0.275 e. The van der Waals surface area contributed by atoms with Gasteiger partial charge in [-0.1, -0.05) is 12.1 Å². The molecule has 0 saturated heterocycles. The van der Waals surface area contributed by atoms with E-state index in [1.165, 1.54) is 12.1 Å². The number of halogens is 3. The number of hydrogen-bond donors (Lipinski definition) is 0. The summed E-state index contributed by atoms with van der Waals surface area (Å²) in [4.78, 5) is 12.7. The first-order valence-corrected chi connectivity index (χ1v) is 4.24. The molecule has 0 fully saturated rings. The lowest BCUT2D eigenvalue weighted by Gasteiger charge is -2.14. The van der Waals surface area contributed by atoms with Gasteiger partial charge in [-0.2, -0.15) is 0 Å². The van der Waals surface area contributed by atoms with Crippen molar-refractivity contribution in [2.24, 2.45) is 4.99 Å². The monoisotopic (exact) mass is 215 g/mol. The molecule has 0 heterocycles. The third-order valence-corrected chi connectivity index (χ3v) is 1.85. The van der Waals surface area contributed by atoms with Gasteiger partial charge in [0.2, 0.25) is 6.08 Å². The number of alkyl halides is 2. The number of aliphatic imine (C=N–C) groups is 1. The van der Waals surface area contributed by atoms with Gasteiger partial charge in [0.25, 0.3) is 5.92 Å². The van der Waals surface area contributed by atoms with Gasteiger partial charge in [-0.25, -0.2) is 23.0 Å². The highest BCUT2D eigenvalue weighted by molar-refractivity contribution is 5.32. The molecule has 0 bridgehead atoms. The van der Waals surface area contributed by atoms with E-state index < -0.39 is 23.7 Å². The van der Waals surface area contributed by atoms with Crippen molar-refractivity contribution in [2.45, 2.75) is 12.3 Å². The highest BCUT2D eigenvalue weighted by Crippen LogP contribution is 2.31. The fourth-order valence-corrected chi connectivity index (χ4v) is 1.10. The van der Waals surface area contributed by atoms with Crippen molar-refractivity contribution in [3.8, 4) is 0 Å². The molecule has 0 atom stereocenters. The van der Waals surface area contributed by atoms with Crippen molar-refractivity contribution in [3.05, 3.63) is 35.6 Å². The third kappa shape index (κ3) is 3.22. The molecule has 15 heavy (non-hydrogen) atoms. The molecule has 0 aliphatic carbocycles. The molecular weight excluding hydrogens is 207 g/mol. The minimum absolute atomic E-state index is 0.326. The van der Waals surface area contributed by atoms with Crippen LogP contribution in [0.25, 0.3) is 0 Å². The zero-order chi connectivity index (χ0) is 11.3. The zero-order valence-electron chi connectivity index (χ0n) is 7.71. The Morgan fingerprint density at radius 1 is 1.40 bits per heavy atom. The molecule has 1 aromatic rings. The van der Waals surface area contributed by atoms with Crippen molar-refractivity contribution >= 4 is 6.08 Å². The van der Waals surface area contributed by atoms with Crippen molar-refractivity contribution in [1.29, 1.82) is 0 Å². The molecule has 1 aromatic carbocycles. The van der Waals surface area contributed by atoms with Gasteiger partial charge in [0.05, 0.1) is 6.54 Å². The van der Waals surface area contributed by atoms with Crippen LogP contribution < -0.4 is 0 Å². The van der Waals surface area contributed by atoms with E-state index in [9.17, 15) is 18.0 Å². The first-order valence-electron chi connectivity index (χ1n) is 4.24. The lowest BCUT2D eigenvalue weighted by molar-refractivity contribution is -0.0108. The van der Waals surface area contributed by atoms with Crippen molar-refractivity contribution in [3.63, 3.8) is 0 Å². The van der Waals surface area contributed by atoms with Gasteiger partial charge in [0, 0.05) is 12.0 Å². The quantitative estimate of drug-likeness (QED) is 0.560. The first kappa shape index (κ1) is 11.5. The summed E-state index contributed by atoms with van der Waals surface area (Å²) in [6.07, 6.45) is 0.537. The van der Waals surface area contributed by atoms with Crippen LogP contribution in [-0.4, -0.2) is 12.6 Å². The van der Waals surface area contributed by atoms with Gasteiger partial charge in [-0.05, 0) is 12.1 Å². The van der Waals surface area contributed by atoms with Gasteiger partial charge in [-0.3, -0.25) is 0 Å². The van der Waals surface area contributed by atoms with E-state index >= 15 is 0 Å². The van der Waals surface area contributed by atoms with Crippen LogP contribution in [0.5, 0.6) is 0 Å². The second-order valence-corrected chi connectivity index (χ2v) is 2.94. The van der Waals surface area contributed by atoms with Gasteiger partial charge < -0.3 is 0 Å². The Morgan fingerprint density at radius 3 is 2.73 bits per heavy atom. The SMILES string of the molecule is O=C=NCCC(F)(F)c1cccc(F)c1. The number of rotatable bonds is 4. The fraction of sp³-hybridized carbons (Fsp3) is 0.300. The Balaban J connectivity index is 2.80. The summed E-state index contributed by atoms with van der Waals surface area (Å²) < 4.78 is 39.3. The van der Waals surface area contributed by atoms with Gasteiger partial charge >= 0.3 is 0 Å². The van der Waals surface area contributed by atoms with Gasteiger partial charge in [0.15, 0.2) is 0 Å². The summed E-state index contributed by atoms with van der Waals surface area (Å²) in [5.74, 6) is -3.89. The van der Waals surface area contributed by atoms with Gasteiger partial charge in [0.1, 0.15) is 5.82 Å². The molecule has 0 radical (unpaired) electrons. The predicted octanol–water partition coefficient (Wildman–Crippen LogP) is 2.64. The molecule has 2 nitrogen and oxygen atoms in total. The van der Waals surface area contributed by atoms with E-state index in [0.29, 0.717) is 0 Å². The highest BCUT2D eigenvalue weighted by Gasteiger charge is 2.31. The molecule has 1 rings (SSSR count). The van der Waals surface area contributed by atoms with Crippen LogP contribution >= 0.6 is 0 Å². The topological polar surface area (TPSA) is 29.4 Å². The summed E-state index contributed by atoms with van der Waals surface area (Å²) in [6.45, 7) is -0.326. The maximum absolute atomic E-state index is 13.3. The lowest BCUT2D eigenvalue weighted by Crippen LogP contribution is -2.14. The number of carbonyl (C=O) groups excluding carboxylic acids is 1. The summed E-state index contributed by atoms with van der Waals surface area (Å²) in [6, 6.07) is 4.20. The summed E-state index contributed by atoms with van der Waals surface area (Å²) in [5.41, 5.74) is -0.413. The van der Waals surface area contributed by atoms with Gasteiger partial charge in [-0.15, -0.1) is 0 Å². The normalized spacial score (nSPS) is 10.9. The van der Waals surface area contributed by atoms with Crippen LogP contribution in [0, 0.1) is 5.82 Å². The van der Waals surface area contributed by atoms with E-state index in [0.717, 1.165) is 18.2 Å². The molecule has 5 heteroatoms. The molecular formula is C10H8F3NO. The number of isocyanates is 1. The first-order chi connectivity index (χ1) is 7.06. The van der Waals surface area contributed by atoms with Crippen molar-refractivity contribution in [1.82, 2.24) is 0 Å². The molecule has 0 unspecified atom stereocenters. The van der Waals surface area contributed by atoms with Crippen molar-refractivity contribution in [2.75, 3.05) is 6.54 Å². The molecule has 0 spiro atoms. The standard InChI is InChI=1S/C10H8F3NO/c11-9-3-1-2-8(6-9)10(12,13)4-5-14-7-15/h1-3,6H,4-5H2. The number of nitrogens with zero attached hydrogens (tertiary/aromatic N) is 1. The predicted molar refractivity (Wildman–Crippen MR) is 47.9 cm³/mol. The molecule has 0 saturated carbocycles. The Hall–Kier alpha value is -1.61. The molecule has 0 aliphatic heterocycles. The minimum atomic E-state index is -3.18. The third-order valence-electron chi connectivity index (χ3n) is 1.85. The van der Waals surface area contributed by atoms with Crippen molar-refractivity contribution < 1.29 is 18.0 Å². The average molecular weight is 215 g/mol. The molecule has 0 amide bonds. The summed E-state index contributed by atoms with van der Waals surface area (Å²) in [5, 5.41) is 0. The Morgan fingerprint density at radius 2 is 2.13 bits per heavy atom. The van der Waals surface area contributed by atoms with E-state index in [1.807, 2.05) is 0 Å². The van der Waals surface area contributed by atoms with Crippen LogP contribution in [0.3, 0.4) is 0 Å². The maximum atomic E-state index is 13.3. The van der Waals surface area contributed by atoms with Crippen LogP contribution in [0.1, 0.15) is 12.0 Å². The maximum Gasteiger partial charge on any atom is 0.275 e. The smallest absolute Gasteiger partial charge is 0.211 e. The Bertz CT molecular complexity index is 386. The Kier molecular flexibility index (Phi) is 3.63. The van der Waals surface area contributed by atoms with Crippen LogP contribution in [0.2, 0.25) is 0 Å². The highest BCUT2D eigenvalue weighted by atomic mass is 19.3. The summed E-state index contributed by atoms with van der Waals surface area (Å²) >= 11 is 0. The average Bonchev–Trinajstić information content (AvgIpc) is 2.18. The van der Waals surface area contributed by atoms with Crippen LogP contribution in [0.15, 0.2) is 29.3 Å². The van der Waals surface area contributed by atoms with E-state index in [4.69, 9.17) is 0 Å². The second kappa shape index (κ2) is 4.75. The molecule has 0 aliphatic rings. The second-order valence-electron chi connectivity index (χ2n) is 2.94. The minimum Gasteiger partial charge on any atom is -0.211 e. The van der Waals surface area contributed by atoms with E-state index in [1.54, 1.807) is 0 Å². The Labute approximate surface area is 84.4 Å². The zero-order valence-corrected chi connectivity index (χ0v) is 7.71. The fourth-order valence-electron chi connectivity index (χ4n) is 1.10. The molecule has 80 valence electrons. The molecule has 0 aromatic heterocycles. The summed E-state index contributed by atoms with van der Waals surface area (Å²) in [7, 11) is 0. The number of hydrogen-bond acceptors (Lipinski definition) is 2. The van der Waals surface area contributed by atoms with E-state index in [-0.39, 0.29) is 6.54 Å². The van der Waals surface area contributed by atoms with Crippen LogP contribution in [-0.2, 0) is 10.7 Å². The lowest BCUT2D eigenvalue weighted by atomic mass is 10.1. The number of benzene rings is 1.